The smallest absolute Gasteiger partial charge is 0.478 e. The maximum absolute atomic E-state index is 10.7. The van der Waals surface area contributed by atoms with Gasteiger partial charge in [-0.3, -0.25) is 0 Å². The summed E-state index contributed by atoms with van der Waals surface area (Å²) in [4.78, 5) is 28.7. The van der Waals surface area contributed by atoms with Crippen molar-refractivity contribution in [3.63, 3.8) is 0 Å². The third-order valence-corrected chi connectivity index (χ3v) is 5.08. The molecule has 2 aromatic carbocycles. The quantitative estimate of drug-likeness (QED) is 0.196. The summed E-state index contributed by atoms with van der Waals surface area (Å²) >= 11 is 16.7. The Balaban J connectivity index is 0.000000287. The van der Waals surface area contributed by atoms with Gasteiger partial charge in [-0.05, 0) is 29.7 Å². The summed E-state index contributed by atoms with van der Waals surface area (Å²) in [7, 11) is -1.34. The first-order valence-electron chi connectivity index (χ1n) is 10.0. The molecule has 0 aliphatic rings. The van der Waals surface area contributed by atoms with E-state index in [1.54, 1.807) is 30.3 Å². The average Bonchev–Trinajstić information content (AvgIpc) is 2.85. The summed E-state index contributed by atoms with van der Waals surface area (Å²) < 4.78 is 0. The number of nitrogens with zero attached hydrogens (tertiary/aromatic N) is 2. The number of aromatic carboxylic acids is 2. The standard InChI is InChI=1S/C12H8ClNO2.C6H7BO2.C6H3Cl2NO2.CH4/c13-11-9(12(15)16)6-7-10(14-11)8-4-2-1-3-5-8;8-7(9)6-4-2-1-3-5-6;7-4-2-1-3(6(10)11)5(8)9-4;/h1-7H,(H,15,16);1-5,8-9H;1-2H,(H,10,11);1H4. The molecule has 2 heterocycles. The van der Waals surface area contributed by atoms with E-state index in [9.17, 15) is 9.59 Å². The minimum atomic E-state index is -1.34. The van der Waals surface area contributed by atoms with Gasteiger partial charge in [-0.25, -0.2) is 19.6 Å². The predicted molar refractivity (Wildman–Crippen MR) is 146 cm³/mol. The lowest BCUT2D eigenvalue weighted by molar-refractivity contribution is 0.0685. The Kier molecular flexibility index (Phi) is 13.3. The van der Waals surface area contributed by atoms with Crippen molar-refractivity contribution < 1.29 is 29.9 Å². The van der Waals surface area contributed by atoms with E-state index in [0.29, 0.717) is 11.2 Å². The molecule has 192 valence electrons. The number of carboxylic acid groups (broad SMARTS) is 2. The zero-order chi connectivity index (χ0) is 26.7. The molecule has 2 aromatic heterocycles. The third kappa shape index (κ3) is 10.2. The van der Waals surface area contributed by atoms with Crippen LogP contribution in [0.25, 0.3) is 11.3 Å². The molecule has 12 heteroatoms. The highest BCUT2D eigenvalue weighted by Gasteiger charge is 2.11. The van der Waals surface area contributed by atoms with Crippen LogP contribution in [0, 0.1) is 0 Å². The summed E-state index contributed by atoms with van der Waals surface area (Å²) in [5.74, 6) is -2.18. The fourth-order valence-electron chi connectivity index (χ4n) is 2.56. The van der Waals surface area contributed by atoms with Crippen LogP contribution in [-0.2, 0) is 0 Å². The minimum Gasteiger partial charge on any atom is -0.478 e. The molecule has 0 aliphatic heterocycles. The van der Waals surface area contributed by atoms with E-state index >= 15 is 0 Å². The van der Waals surface area contributed by atoms with Gasteiger partial charge in [0.2, 0.25) is 0 Å². The van der Waals surface area contributed by atoms with Crippen molar-refractivity contribution in [3.05, 3.63) is 112 Å². The fourth-order valence-corrected chi connectivity index (χ4v) is 3.22. The van der Waals surface area contributed by atoms with Gasteiger partial charge in [0.05, 0.1) is 16.8 Å². The summed E-state index contributed by atoms with van der Waals surface area (Å²) in [6.07, 6.45) is 0. The SMILES string of the molecule is C.O=C(O)c1ccc(-c2ccccc2)nc1Cl.O=C(O)c1ccc(Cl)nc1Cl.OB(O)c1ccccc1. The molecule has 0 bridgehead atoms. The third-order valence-electron chi connectivity index (χ3n) is 4.29. The average molecular weight is 564 g/mol. The molecule has 0 atom stereocenters. The van der Waals surface area contributed by atoms with Gasteiger partial charge in [0.25, 0.3) is 0 Å². The first kappa shape index (κ1) is 31.6. The van der Waals surface area contributed by atoms with E-state index in [4.69, 9.17) is 55.1 Å². The highest BCUT2D eigenvalue weighted by molar-refractivity contribution is 6.58. The van der Waals surface area contributed by atoms with E-state index in [1.165, 1.54) is 18.2 Å². The van der Waals surface area contributed by atoms with Gasteiger partial charge >= 0.3 is 19.1 Å². The highest BCUT2D eigenvalue weighted by atomic mass is 35.5. The second kappa shape index (κ2) is 15.6. The summed E-state index contributed by atoms with van der Waals surface area (Å²) in [6, 6.07) is 23.9. The van der Waals surface area contributed by atoms with Crippen molar-refractivity contribution in [2.24, 2.45) is 0 Å². The predicted octanol–water partition coefficient (Wildman–Crippen LogP) is 5.19. The number of aromatic nitrogens is 2. The number of carboxylic acids is 2. The van der Waals surface area contributed by atoms with Crippen LogP contribution < -0.4 is 5.46 Å². The molecule has 0 radical (unpaired) electrons. The van der Waals surface area contributed by atoms with Gasteiger partial charge in [0.1, 0.15) is 15.5 Å². The molecule has 8 nitrogen and oxygen atoms in total. The molecule has 4 rings (SSSR count). The number of hydrogen-bond acceptors (Lipinski definition) is 6. The van der Waals surface area contributed by atoms with Crippen LogP contribution >= 0.6 is 34.8 Å². The van der Waals surface area contributed by atoms with E-state index in [1.807, 2.05) is 36.4 Å². The Hall–Kier alpha value is -3.47. The molecule has 0 amide bonds. The maximum Gasteiger partial charge on any atom is 0.488 e. The minimum absolute atomic E-state index is 0. The summed E-state index contributed by atoms with van der Waals surface area (Å²) in [5.41, 5.74) is 2.06. The lowest BCUT2D eigenvalue weighted by Crippen LogP contribution is -2.29. The maximum atomic E-state index is 10.7. The second-order valence-corrected chi connectivity index (χ2v) is 7.87. The first-order valence-corrected chi connectivity index (χ1v) is 11.1. The lowest BCUT2D eigenvalue weighted by Gasteiger charge is -2.03. The van der Waals surface area contributed by atoms with E-state index < -0.39 is 19.1 Å². The molecule has 0 fully saturated rings. The Morgan fingerprint density at radius 3 is 1.51 bits per heavy atom. The van der Waals surface area contributed by atoms with Crippen molar-refractivity contribution in [1.82, 2.24) is 9.97 Å². The van der Waals surface area contributed by atoms with Crippen LogP contribution in [0.3, 0.4) is 0 Å². The van der Waals surface area contributed by atoms with Crippen LogP contribution in [0.5, 0.6) is 0 Å². The van der Waals surface area contributed by atoms with Crippen molar-refractivity contribution in [2.45, 2.75) is 7.43 Å². The lowest BCUT2D eigenvalue weighted by atomic mass is 9.81. The zero-order valence-electron chi connectivity index (χ0n) is 18.3. The molecule has 0 saturated carbocycles. The van der Waals surface area contributed by atoms with Gasteiger partial charge in [0.15, 0.2) is 0 Å². The molecule has 4 aromatic rings. The molecular formula is C25H22BCl3N2O6. The van der Waals surface area contributed by atoms with Crippen LogP contribution in [0.15, 0.2) is 84.9 Å². The molecular weight excluding hydrogens is 541 g/mol. The molecule has 4 N–H and O–H groups in total. The van der Waals surface area contributed by atoms with Crippen LogP contribution in [0.2, 0.25) is 15.5 Å². The second-order valence-electron chi connectivity index (χ2n) is 6.77. The monoisotopic (exact) mass is 562 g/mol. The van der Waals surface area contributed by atoms with Gasteiger partial charge in [-0.1, -0.05) is 103 Å². The molecule has 0 unspecified atom stereocenters. The summed E-state index contributed by atoms with van der Waals surface area (Å²) in [6.45, 7) is 0. The Morgan fingerprint density at radius 1 is 0.649 bits per heavy atom. The zero-order valence-corrected chi connectivity index (χ0v) is 20.6. The molecule has 37 heavy (non-hydrogen) atoms. The Bertz CT molecular complexity index is 1310. The number of carbonyl (C=O) groups is 2. The van der Waals surface area contributed by atoms with Crippen LogP contribution in [0.1, 0.15) is 28.1 Å². The van der Waals surface area contributed by atoms with Gasteiger partial charge in [0, 0.05) is 5.56 Å². The summed E-state index contributed by atoms with van der Waals surface area (Å²) in [5, 5.41) is 34.5. The van der Waals surface area contributed by atoms with Crippen molar-refractivity contribution >= 4 is 59.3 Å². The van der Waals surface area contributed by atoms with Gasteiger partial charge < -0.3 is 20.3 Å². The van der Waals surface area contributed by atoms with Crippen molar-refractivity contribution in [1.29, 1.82) is 0 Å². The molecule has 0 spiro atoms. The van der Waals surface area contributed by atoms with E-state index in [0.717, 1.165) is 5.56 Å². The Morgan fingerprint density at radius 2 is 1.11 bits per heavy atom. The van der Waals surface area contributed by atoms with Crippen LogP contribution in [0.4, 0.5) is 0 Å². The fraction of sp³-hybridized carbons (Fsp3) is 0.0400. The largest absolute Gasteiger partial charge is 0.488 e. The Labute approximate surface area is 228 Å². The number of pyridine rings is 2. The van der Waals surface area contributed by atoms with E-state index in [-0.39, 0.29) is 34.0 Å². The van der Waals surface area contributed by atoms with Crippen LogP contribution in [-0.4, -0.2) is 49.3 Å². The van der Waals surface area contributed by atoms with Gasteiger partial charge in [-0.2, -0.15) is 0 Å². The number of rotatable bonds is 4. The molecule has 0 aliphatic carbocycles. The van der Waals surface area contributed by atoms with Crippen molar-refractivity contribution in [2.75, 3.05) is 0 Å². The number of hydrogen-bond donors (Lipinski definition) is 4. The normalized spacial score (nSPS) is 9.43. The van der Waals surface area contributed by atoms with Crippen molar-refractivity contribution in [3.8, 4) is 11.3 Å². The van der Waals surface area contributed by atoms with Gasteiger partial charge in [-0.15, -0.1) is 0 Å². The van der Waals surface area contributed by atoms with E-state index in [2.05, 4.69) is 9.97 Å². The number of halogens is 3. The molecule has 0 saturated heterocycles. The first-order chi connectivity index (χ1) is 17.1. The topological polar surface area (TPSA) is 141 Å². The number of benzene rings is 2. The highest BCUT2D eigenvalue weighted by Crippen LogP contribution is 2.21.